The first-order valence-corrected chi connectivity index (χ1v) is 11.5. The van der Waals surface area contributed by atoms with Crippen LogP contribution in [0.25, 0.3) is 6.20 Å². The number of aromatic nitrogens is 1. The summed E-state index contributed by atoms with van der Waals surface area (Å²) in [7, 11) is 1.58. The summed E-state index contributed by atoms with van der Waals surface area (Å²) in [6.45, 7) is 3.71. The molecule has 0 fully saturated rings. The van der Waals surface area contributed by atoms with Crippen molar-refractivity contribution in [3.63, 3.8) is 0 Å². The predicted molar refractivity (Wildman–Crippen MR) is 129 cm³/mol. The second-order valence-corrected chi connectivity index (χ2v) is 8.64. The van der Waals surface area contributed by atoms with E-state index in [4.69, 9.17) is 21.1 Å². The van der Waals surface area contributed by atoms with Gasteiger partial charge in [-0.15, -0.1) is 0 Å². The molecule has 1 aromatic heterocycles. The molecule has 1 aliphatic heterocycles. The molecule has 170 valence electrons. The van der Waals surface area contributed by atoms with Crippen LogP contribution in [0.1, 0.15) is 25.5 Å². The first-order valence-electron chi connectivity index (χ1n) is 10.3. The number of carbonyl (C=O) groups excluding carboxylic acids is 1. The standard InChI is InChI=1S/C24H22ClN3O4S/c1-4-32-23(30)20-14(2)27-24-28(21(20)15-9-11-16(25)12-10-15)22(29)19(33-24)13-26-17-7-5-6-8-18(17)31-3/h5-13,21,26H,4H2,1-3H3/b19-13-/t21-/m0/s1. The summed E-state index contributed by atoms with van der Waals surface area (Å²) < 4.78 is 12.6. The summed E-state index contributed by atoms with van der Waals surface area (Å²) in [5.74, 6) is 0.154. The van der Waals surface area contributed by atoms with Crippen molar-refractivity contribution in [1.82, 2.24) is 4.57 Å². The number of fused-ring (bicyclic) bond motifs is 1. The molecular formula is C24H22ClN3O4S. The van der Waals surface area contributed by atoms with Gasteiger partial charge in [-0.3, -0.25) is 9.36 Å². The molecule has 2 heterocycles. The van der Waals surface area contributed by atoms with Crippen molar-refractivity contribution in [3.05, 3.63) is 90.1 Å². The number of thiazole rings is 1. The average Bonchev–Trinajstić information content (AvgIpc) is 3.12. The number of nitrogens with one attached hydrogen (secondary N) is 1. The number of para-hydroxylation sites is 2. The van der Waals surface area contributed by atoms with Crippen molar-refractivity contribution in [2.75, 3.05) is 19.0 Å². The van der Waals surface area contributed by atoms with Gasteiger partial charge in [0, 0.05) is 11.2 Å². The molecule has 33 heavy (non-hydrogen) atoms. The van der Waals surface area contributed by atoms with Crippen LogP contribution in [0.4, 0.5) is 5.69 Å². The topological polar surface area (TPSA) is 81.9 Å². The van der Waals surface area contributed by atoms with Crippen LogP contribution in [0, 0.1) is 0 Å². The SMILES string of the molecule is CCOC(=O)C1=C(C)N=c2s/c(=C\Nc3ccccc3OC)c(=O)n2[C@H]1c1ccc(Cl)cc1. The molecule has 9 heteroatoms. The fourth-order valence-corrected chi connectivity index (χ4v) is 4.75. The molecule has 3 aromatic rings. The van der Waals surface area contributed by atoms with Crippen LogP contribution in [-0.4, -0.2) is 24.3 Å². The number of benzene rings is 2. The number of esters is 1. The van der Waals surface area contributed by atoms with E-state index in [1.54, 1.807) is 51.4 Å². The Morgan fingerprint density at radius 1 is 1.24 bits per heavy atom. The Morgan fingerprint density at radius 2 is 1.97 bits per heavy atom. The molecule has 1 atom stereocenters. The van der Waals surface area contributed by atoms with Crippen molar-refractivity contribution in [1.29, 1.82) is 0 Å². The third-order valence-electron chi connectivity index (χ3n) is 5.17. The first kappa shape index (κ1) is 22.8. The zero-order valence-electron chi connectivity index (χ0n) is 18.3. The van der Waals surface area contributed by atoms with Crippen LogP contribution in [0.5, 0.6) is 5.75 Å². The Kier molecular flexibility index (Phi) is 6.67. The number of carbonyl (C=O) groups is 1. The highest BCUT2D eigenvalue weighted by atomic mass is 35.5. The molecule has 0 saturated heterocycles. The first-order chi connectivity index (χ1) is 15.9. The highest BCUT2D eigenvalue weighted by Gasteiger charge is 2.33. The lowest BCUT2D eigenvalue weighted by Gasteiger charge is -2.24. The Morgan fingerprint density at radius 3 is 2.67 bits per heavy atom. The number of hydrogen-bond donors (Lipinski definition) is 1. The second-order valence-electron chi connectivity index (χ2n) is 7.20. The van der Waals surface area contributed by atoms with Crippen LogP contribution in [0.3, 0.4) is 0 Å². The van der Waals surface area contributed by atoms with Crippen molar-refractivity contribution in [2.45, 2.75) is 19.9 Å². The number of allylic oxidation sites excluding steroid dienone is 1. The Balaban J connectivity index is 1.86. The molecule has 0 bridgehead atoms. The normalized spacial score (nSPS) is 15.6. The molecule has 0 aliphatic carbocycles. The fraction of sp³-hybridized carbons (Fsp3) is 0.208. The van der Waals surface area contributed by atoms with E-state index in [-0.39, 0.29) is 12.2 Å². The number of nitrogens with zero attached hydrogens (tertiary/aromatic N) is 2. The molecule has 0 spiro atoms. The van der Waals surface area contributed by atoms with Gasteiger partial charge in [-0.05, 0) is 43.7 Å². The van der Waals surface area contributed by atoms with Gasteiger partial charge in [-0.2, -0.15) is 0 Å². The molecule has 0 unspecified atom stereocenters. The molecular weight excluding hydrogens is 462 g/mol. The van der Waals surface area contributed by atoms with Crippen LogP contribution >= 0.6 is 22.9 Å². The zero-order chi connectivity index (χ0) is 23.5. The molecule has 0 amide bonds. The highest BCUT2D eigenvalue weighted by Crippen LogP contribution is 2.31. The van der Waals surface area contributed by atoms with Gasteiger partial charge in [0.2, 0.25) is 0 Å². The van der Waals surface area contributed by atoms with Crippen molar-refractivity contribution >= 4 is 40.8 Å². The summed E-state index contributed by atoms with van der Waals surface area (Å²) in [4.78, 5) is 31.4. The minimum Gasteiger partial charge on any atom is -0.495 e. The number of methoxy groups -OCH3 is 1. The summed E-state index contributed by atoms with van der Waals surface area (Å²) in [5, 5.41) is 3.70. The van der Waals surface area contributed by atoms with Gasteiger partial charge in [0.05, 0.1) is 36.7 Å². The molecule has 7 nitrogen and oxygen atoms in total. The second kappa shape index (κ2) is 9.64. The van der Waals surface area contributed by atoms with Gasteiger partial charge in [0.15, 0.2) is 4.80 Å². The van der Waals surface area contributed by atoms with Crippen LogP contribution in [0.15, 0.2) is 69.6 Å². The number of rotatable bonds is 6. The number of halogens is 1. The molecule has 1 aliphatic rings. The van der Waals surface area contributed by atoms with E-state index in [1.165, 1.54) is 15.9 Å². The van der Waals surface area contributed by atoms with Crippen molar-refractivity contribution in [3.8, 4) is 5.75 Å². The lowest BCUT2D eigenvalue weighted by molar-refractivity contribution is -0.139. The van der Waals surface area contributed by atoms with Crippen LogP contribution in [-0.2, 0) is 9.53 Å². The third-order valence-corrected chi connectivity index (χ3v) is 6.40. The Bertz CT molecular complexity index is 1410. The summed E-state index contributed by atoms with van der Waals surface area (Å²) >= 11 is 7.32. The highest BCUT2D eigenvalue weighted by molar-refractivity contribution is 7.07. The minimum atomic E-state index is -0.675. The van der Waals surface area contributed by atoms with Gasteiger partial charge in [0.1, 0.15) is 10.3 Å². The maximum Gasteiger partial charge on any atom is 0.338 e. The van der Waals surface area contributed by atoms with Gasteiger partial charge in [-0.1, -0.05) is 47.2 Å². The van der Waals surface area contributed by atoms with Crippen molar-refractivity contribution < 1.29 is 14.3 Å². The Labute approximate surface area is 199 Å². The quantitative estimate of drug-likeness (QED) is 0.543. The number of ether oxygens (including phenoxy) is 2. The van der Waals surface area contributed by atoms with E-state index in [2.05, 4.69) is 10.3 Å². The van der Waals surface area contributed by atoms with Crippen LogP contribution < -0.4 is 24.9 Å². The lowest BCUT2D eigenvalue weighted by atomic mass is 9.96. The largest absolute Gasteiger partial charge is 0.495 e. The maximum absolute atomic E-state index is 13.5. The van der Waals surface area contributed by atoms with E-state index in [0.29, 0.717) is 31.4 Å². The average molecular weight is 484 g/mol. The molecule has 0 radical (unpaired) electrons. The van der Waals surface area contributed by atoms with E-state index in [1.807, 2.05) is 24.3 Å². The smallest absolute Gasteiger partial charge is 0.338 e. The Hall–Kier alpha value is -3.36. The predicted octanol–water partition coefficient (Wildman–Crippen LogP) is 3.48. The monoisotopic (exact) mass is 483 g/mol. The minimum absolute atomic E-state index is 0.218. The molecule has 1 N–H and O–H groups in total. The van der Waals surface area contributed by atoms with Crippen LogP contribution in [0.2, 0.25) is 5.02 Å². The molecule has 0 saturated carbocycles. The molecule has 2 aromatic carbocycles. The summed E-state index contributed by atoms with van der Waals surface area (Å²) in [5.41, 5.74) is 2.04. The fourth-order valence-electron chi connectivity index (χ4n) is 3.66. The van der Waals surface area contributed by atoms with Gasteiger partial charge >= 0.3 is 5.97 Å². The maximum atomic E-state index is 13.5. The van der Waals surface area contributed by atoms with E-state index < -0.39 is 12.0 Å². The lowest BCUT2D eigenvalue weighted by Crippen LogP contribution is -2.40. The van der Waals surface area contributed by atoms with Gasteiger partial charge < -0.3 is 14.8 Å². The van der Waals surface area contributed by atoms with Gasteiger partial charge in [0.25, 0.3) is 5.56 Å². The van der Waals surface area contributed by atoms with E-state index in [0.717, 1.165) is 11.3 Å². The van der Waals surface area contributed by atoms with E-state index >= 15 is 0 Å². The van der Waals surface area contributed by atoms with E-state index in [9.17, 15) is 9.59 Å². The zero-order valence-corrected chi connectivity index (χ0v) is 19.9. The van der Waals surface area contributed by atoms with Crippen molar-refractivity contribution in [2.24, 2.45) is 4.99 Å². The third kappa shape index (κ3) is 4.44. The summed E-state index contributed by atoms with van der Waals surface area (Å²) in [6, 6.07) is 13.8. The number of anilines is 1. The van der Waals surface area contributed by atoms with Gasteiger partial charge in [-0.25, -0.2) is 9.79 Å². The summed E-state index contributed by atoms with van der Waals surface area (Å²) in [6.07, 6.45) is 1.63. The molecule has 4 rings (SSSR count). The number of hydrogen-bond acceptors (Lipinski definition) is 7.